The van der Waals surface area contributed by atoms with Gasteiger partial charge in [-0.2, -0.15) is 0 Å². The molecule has 0 heterocycles. The second-order valence-electron chi connectivity index (χ2n) is 2.32. The van der Waals surface area contributed by atoms with Gasteiger partial charge in [-0.3, -0.25) is 0 Å². The van der Waals surface area contributed by atoms with Gasteiger partial charge < -0.3 is 11.5 Å². The normalized spacial score (nSPS) is 46.0. The van der Waals surface area contributed by atoms with E-state index < -0.39 is 8.90 Å². The van der Waals surface area contributed by atoms with E-state index in [1.165, 1.54) is 0 Å². The molecule has 56 valence electrons. The van der Waals surface area contributed by atoms with E-state index >= 15 is 0 Å². The van der Waals surface area contributed by atoms with Crippen molar-refractivity contribution in [1.82, 2.24) is 0 Å². The number of alkyl halides is 2. The lowest BCUT2D eigenvalue weighted by atomic mass is 10.1. The molecule has 0 saturated carbocycles. The highest BCUT2D eigenvalue weighted by atomic mass is 79.9. The van der Waals surface area contributed by atoms with Gasteiger partial charge in [-0.1, -0.05) is 56.2 Å². The van der Waals surface area contributed by atoms with Gasteiger partial charge in [0.2, 0.25) is 0 Å². The highest BCUT2D eigenvalue weighted by Crippen LogP contribution is 2.26. The second-order valence-corrected chi connectivity index (χ2v) is 5.07. The molecule has 4 heteroatoms. The van der Waals surface area contributed by atoms with E-state index in [1.54, 1.807) is 24.3 Å². The van der Waals surface area contributed by atoms with Crippen molar-refractivity contribution in [2.24, 2.45) is 11.5 Å². The predicted octanol–water partition coefficient (Wildman–Crippen LogP) is 1.21. The molecule has 0 spiro atoms. The van der Waals surface area contributed by atoms with Crippen molar-refractivity contribution in [3.8, 4) is 0 Å². The van der Waals surface area contributed by atoms with Crippen molar-refractivity contribution in [1.29, 1.82) is 0 Å². The van der Waals surface area contributed by atoms with Gasteiger partial charge in [0.25, 0.3) is 0 Å². The minimum absolute atomic E-state index is 0.524. The maximum absolute atomic E-state index is 5.67. The zero-order valence-corrected chi connectivity index (χ0v) is 8.39. The van der Waals surface area contributed by atoms with Crippen LogP contribution in [0.3, 0.4) is 0 Å². The SMILES string of the molecule is NC1(Br)C=CC(N)(Br)C=C1. The van der Waals surface area contributed by atoms with E-state index in [1.807, 2.05) is 0 Å². The molecule has 0 radical (unpaired) electrons. The fraction of sp³-hybridized carbons (Fsp3) is 0.333. The summed E-state index contributed by atoms with van der Waals surface area (Å²) in [6, 6.07) is 0. The fourth-order valence-electron chi connectivity index (χ4n) is 0.622. The summed E-state index contributed by atoms with van der Waals surface area (Å²) in [5.74, 6) is 0. The topological polar surface area (TPSA) is 52.0 Å². The number of hydrogen-bond donors (Lipinski definition) is 2. The van der Waals surface area contributed by atoms with E-state index in [0.717, 1.165) is 0 Å². The summed E-state index contributed by atoms with van der Waals surface area (Å²) in [6.07, 6.45) is 7.17. The van der Waals surface area contributed by atoms with Crippen molar-refractivity contribution in [3.05, 3.63) is 24.3 Å². The van der Waals surface area contributed by atoms with Crippen LogP contribution in [0.4, 0.5) is 0 Å². The van der Waals surface area contributed by atoms with Gasteiger partial charge in [0.1, 0.15) is 8.90 Å². The first-order chi connectivity index (χ1) is 4.41. The maximum Gasteiger partial charge on any atom is 0.109 e. The van der Waals surface area contributed by atoms with Crippen LogP contribution in [0.1, 0.15) is 0 Å². The molecule has 4 N–H and O–H groups in total. The standard InChI is InChI=1S/C6H8Br2N2/c7-5(9)1-2-6(8,10)4-3-5/h1-4H,9-10H2. The minimum atomic E-state index is -0.524. The van der Waals surface area contributed by atoms with Crippen molar-refractivity contribution in [3.63, 3.8) is 0 Å². The summed E-state index contributed by atoms with van der Waals surface area (Å²) < 4.78 is -1.05. The first-order valence-electron chi connectivity index (χ1n) is 2.78. The molecule has 0 unspecified atom stereocenters. The minimum Gasteiger partial charge on any atom is -0.310 e. The van der Waals surface area contributed by atoms with Crippen LogP contribution in [-0.4, -0.2) is 8.90 Å². The van der Waals surface area contributed by atoms with E-state index in [0.29, 0.717) is 0 Å². The average molecular weight is 268 g/mol. The monoisotopic (exact) mass is 266 g/mol. The Balaban J connectivity index is 2.81. The molecule has 0 fully saturated rings. The van der Waals surface area contributed by atoms with Crippen molar-refractivity contribution >= 4 is 31.9 Å². The van der Waals surface area contributed by atoms with Crippen LogP contribution in [0.15, 0.2) is 24.3 Å². The molecular formula is C6H8Br2N2. The molecule has 0 aliphatic heterocycles. The fourth-order valence-corrected chi connectivity index (χ4v) is 1.15. The lowest BCUT2D eigenvalue weighted by Gasteiger charge is -2.23. The molecule has 1 aliphatic rings. The summed E-state index contributed by atoms with van der Waals surface area (Å²) in [5, 5.41) is 0. The Morgan fingerprint density at radius 3 is 1.20 bits per heavy atom. The molecular weight excluding hydrogens is 260 g/mol. The zero-order chi connectivity index (χ0) is 7.83. The number of hydrogen-bond acceptors (Lipinski definition) is 2. The molecule has 0 bridgehead atoms. The molecule has 0 aromatic heterocycles. The number of nitrogens with two attached hydrogens (primary N) is 2. The third-order valence-electron chi connectivity index (χ3n) is 1.19. The first kappa shape index (κ1) is 8.46. The van der Waals surface area contributed by atoms with E-state index in [2.05, 4.69) is 31.9 Å². The summed E-state index contributed by atoms with van der Waals surface area (Å²) in [5.41, 5.74) is 11.3. The van der Waals surface area contributed by atoms with Gasteiger partial charge >= 0.3 is 0 Å². The summed E-state index contributed by atoms with van der Waals surface area (Å²) in [6.45, 7) is 0. The highest BCUT2D eigenvalue weighted by Gasteiger charge is 2.23. The molecule has 2 nitrogen and oxygen atoms in total. The Bertz CT molecular complexity index is 156. The van der Waals surface area contributed by atoms with E-state index in [9.17, 15) is 0 Å². The van der Waals surface area contributed by atoms with Crippen LogP contribution in [0.25, 0.3) is 0 Å². The third kappa shape index (κ3) is 2.20. The van der Waals surface area contributed by atoms with Crippen LogP contribution in [0, 0.1) is 0 Å². The lowest BCUT2D eigenvalue weighted by Crippen LogP contribution is -2.36. The number of rotatable bonds is 0. The van der Waals surface area contributed by atoms with Gasteiger partial charge in [-0.15, -0.1) is 0 Å². The average Bonchev–Trinajstić information content (AvgIpc) is 1.79. The van der Waals surface area contributed by atoms with Gasteiger partial charge in [-0.25, -0.2) is 0 Å². The Kier molecular flexibility index (Phi) is 2.07. The van der Waals surface area contributed by atoms with E-state index in [4.69, 9.17) is 11.5 Å². The van der Waals surface area contributed by atoms with Crippen molar-refractivity contribution < 1.29 is 0 Å². The third-order valence-corrected chi connectivity index (χ3v) is 2.25. The predicted molar refractivity (Wildman–Crippen MR) is 50.0 cm³/mol. The van der Waals surface area contributed by atoms with Gasteiger partial charge in [0.05, 0.1) is 0 Å². The Morgan fingerprint density at radius 1 is 0.800 bits per heavy atom. The molecule has 0 amide bonds. The van der Waals surface area contributed by atoms with Crippen LogP contribution >= 0.6 is 31.9 Å². The zero-order valence-electron chi connectivity index (χ0n) is 5.22. The highest BCUT2D eigenvalue weighted by molar-refractivity contribution is 9.10. The molecule has 0 aromatic rings. The van der Waals surface area contributed by atoms with Gasteiger partial charge in [0.15, 0.2) is 0 Å². The smallest absolute Gasteiger partial charge is 0.109 e. The molecule has 0 aromatic carbocycles. The molecule has 1 aliphatic carbocycles. The second kappa shape index (κ2) is 2.44. The quantitative estimate of drug-likeness (QED) is 0.394. The molecule has 10 heavy (non-hydrogen) atoms. The first-order valence-corrected chi connectivity index (χ1v) is 4.36. The van der Waals surface area contributed by atoms with Gasteiger partial charge in [-0.05, 0) is 0 Å². The molecule has 0 saturated heterocycles. The summed E-state index contributed by atoms with van der Waals surface area (Å²) in [7, 11) is 0. The van der Waals surface area contributed by atoms with Crippen LogP contribution in [0.2, 0.25) is 0 Å². The van der Waals surface area contributed by atoms with Crippen molar-refractivity contribution in [2.75, 3.05) is 0 Å². The Hall–Kier alpha value is 0.360. The Morgan fingerprint density at radius 2 is 1.00 bits per heavy atom. The summed E-state index contributed by atoms with van der Waals surface area (Å²) >= 11 is 6.54. The lowest BCUT2D eigenvalue weighted by molar-refractivity contribution is 0.864. The van der Waals surface area contributed by atoms with Gasteiger partial charge in [0, 0.05) is 0 Å². The van der Waals surface area contributed by atoms with Crippen LogP contribution < -0.4 is 11.5 Å². The Labute approximate surface area is 76.6 Å². The summed E-state index contributed by atoms with van der Waals surface area (Å²) in [4.78, 5) is 0. The largest absolute Gasteiger partial charge is 0.310 e. The van der Waals surface area contributed by atoms with Crippen LogP contribution in [0.5, 0.6) is 0 Å². The molecule has 1 rings (SSSR count). The van der Waals surface area contributed by atoms with E-state index in [-0.39, 0.29) is 0 Å². The van der Waals surface area contributed by atoms with Crippen molar-refractivity contribution in [2.45, 2.75) is 8.90 Å². The molecule has 0 atom stereocenters. The number of halogens is 2. The maximum atomic E-state index is 5.67. The van der Waals surface area contributed by atoms with Crippen LogP contribution in [-0.2, 0) is 0 Å².